The molecule has 1 unspecified atom stereocenters. The summed E-state index contributed by atoms with van der Waals surface area (Å²) in [6, 6.07) is 12.8. The van der Waals surface area contributed by atoms with Crippen LogP contribution in [0.2, 0.25) is 0 Å². The van der Waals surface area contributed by atoms with Gasteiger partial charge in [0.05, 0.1) is 6.61 Å². The van der Waals surface area contributed by atoms with Gasteiger partial charge < -0.3 is 9.64 Å². The predicted octanol–water partition coefficient (Wildman–Crippen LogP) is 3.23. The first-order valence-electron chi connectivity index (χ1n) is 9.91. The molecule has 1 atom stereocenters. The minimum Gasteiger partial charge on any atom is -0.493 e. The SMILES string of the molecule is c1ccc2c(c1)CC(CN1CCCN(Cc3ccncc3)CC1)CCO2. The first-order valence-corrected chi connectivity index (χ1v) is 9.91. The Hall–Kier alpha value is -1.91. The van der Waals surface area contributed by atoms with E-state index in [1.54, 1.807) is 0 Å². The number of hydrogen-bond donors (Lipinski definition) is 0. The highest BCUT2D eigenvalue weighted by Gasteiger charge is 2.22. The summed E-state index contributed by atoms with van der Waals surface area (Å²) in [5, 5.41) is 0. The minimum atomic E-state index is 0.699. The van der Waals surface area contributed by atoms with E-state index in [9.17, 15) is 0 Å². The largest absolute Gasteiger partial charge is 0.493 e. The maximum Gasteiger partial charge on any atom is 0.122 e. The number of rotatable bonds is 4. The molecule has 0 aliphatic carbocycles. The lowest BCUT2D eigenvalue weighted by Crippen LogP contribution is -2.34. The van der Waals surface area contributed by atoms with Crippen LogP contribution >= 0.6 is 0 Å². The third-order valence-electron chi connectivity index (χ3n) is 5.62. The fourth-order valence-corrected chi connectivity index (χ4v) is 4.19. The van der Waals surface area contributed by atoms with Crippen LogP contribution in [0, 0.1) is 5.92 Å². The van der Waals surface area contributed by atoms with Crippen molar-refractivity contribution in [3.05, 3.63) is 59.9 Å². The Morgan fingerprint density at radius 2 is 1.77 bits per heavy atom. The van der Waals surface area contributed by atoms with Crippen molar-refractivity contribution in [2.24, 2.45) is 5.92 Å². The second-order valence-corrected chi connectivity index (χ2v) is 7.60. The van der Waals surface area contributed by atoms with Gasteiger partial charge in [-0.05, 0) is 67.6 Å². The number of ether oxygens (including phenoxy) is 1. The molecule has 138 valence electrons. The average Bonchev–Trinajstić information content (AvgIpc) is 3.01. The molecular formula is C22H29N3O. The molecule has 26 heavy (non-hydrogen) atoms. The molecule has 2 aliphatic heterocycles. The molecule has 2 aliphatic rings. The second-order valence-electron chi connectivity index (χ2n) is 7.60. The second kappa shape index (κ2) is 8.65. The number of fused-ring (bicyclic) bond motifs is 1. The third-order valence-corrected chi connectivity index (χ3v) is 5.62. The van der Waals surface area contributed by atoms with Crippen LogP contribution in [-0.4, -0.2) is 54.1 Å². The van der Waals surface area contributed by atoms with Crippen LogP contribution in [0.5, 0.6) is 5.75 Å². The monoisotopic (exact) mass is 351 g/mol. The van der Waals surface area contributed by atoms with Gasteiger partial charge in [0.2, 0.25) is 0 Å². The molecule has 2 aromatic rings. The topological polar surface area (TPSA) is 28.6 Å². The van der Waals surface area contributed by atoms with Gasteiger partial charge in [-0.3, -0.25) is 9.88 Å². The first kappa shape index (κ1) is 17.5. The van der Waals surface area contributed by atoms with Gasteiger partial charge in [0.1, 0.15) is 5.75 Å². The molecule has 4 nitrogen and oxygen atoms in total. The van der Waals surface area contributed by atoms with Crippen molar-refractivity contribution in [1.82, 2.24) is 14.8 Å². The quantitative estimate of drug-likeness (QED) is 0.846. The van der Waals surface area contributed by atoms with Crippen LogP contribution in [0.15, 0.2) is 48.8 Å². The fourth-order valence-electron chi connectivity index (χ4n) is 4.19. The first-order chi connectivity index (χ1) is 12.9. The number of para-hydroxylation sites is 1. The maximum atomic E-state index is 5.94. The summed E-state index contributed by atoms with van der Waals surface area (Å²) in [4.78, 5) is 9.38. The Bertz CT molecular complexity index is 691. The van der Waals surface area contributed by atoms with Gasteiger partial charge in [-0.25, -0.2) is 0 Å². The highest BCUT2D eigenvalue weighted by molar-refractivity contribution is 5.34. The van der Waals surface area contributed by atoms with Crippen molar-refractivity contribution in [3.63, 3.8) is 0 Å². The number of benzene rings is 1. The lowest BCUT2D eigenvalue weighted by Gasteiger charge is -2.25. The highest BCUT2D eigenvalue weighted by Crippen LogP contribution is 2.27. The van der Waals surface area contributed by atoms with Crippen molar-refractivity contribution in [3.8, 4) is 5.75 Å². The van der Waals surface area contributed by atoms with E-state index >= 15 is 0 Å². The van der Waals surface area contributed by atoms with E-state index in [0.29, 0.717) is 5.92 Å². The van der Waals surface area contributed by atoms with Crippen LogP contribution in [-0.2, 0) is 13.0 Å². The van der Waals surface area contributed by atoms with Crippen molar-refractivity contribution in [2.45, 2.75) is 25.8 Å². The van der Waals surface area contributed by atoms with E-state index in [1.807, 2.05) is 12.4 Å². The summed E-state index contributed by atoms with van der Waals surface area (Å²) >= 11 is 0. The Kier molecular flexibility index (Phi) is 5.82. The molecule has 0 N–H and O–H groups in total. The molecule has 0 bridgehead atoms. The van der Waals surface area contributed by atoms with Gasteiger partial charge in [0.25, 0.3) is 0 Å². The predicted molar refractivity (Wildman–Crippen MR) is 104 cm³/mol. The lowest BCUT2D eigenvalue weighted by molar-refractivity contribution is 0.208. The Morgan fingerprint density at radius 3 is 2.69 bits per heavy atom. The standard InChI is InChI=1S/C22H29N3O/c1-2-5-22-21(4-1)16-20(8-15-26-22)18-25-12-3-11-24(13-14-25)17-19-6-9-23-10-7-19/h1-2,4-7,9-10,20H,3,8,11-18H2. The molecule has 4 rings (SSSR count). The zero-order valence-electron chi connectivity index (χ0n) is 15.5. The van der Waals surface area contributed by atoms with Crippen molar-refractivity contribution in [1.29, 1.82) is 0 Å². The molecule has 1 fully saturated rings. The molecule has 1 aromatic heterocycles. The van der Waals surface area contributed by atoms with Gasteiger partial charge >= 0.3 is 0 Å². The van der Waals surface area contributed by atoms with Crippen molar-refractivity contribution in [2.75, 3.05) is 39.3 Å². The number of hydrogen-bond acceptors (Lipinski definition) is 4. The third kappa shape index (κ3) is 4.63. The van der Waals surface area contributed by atoms with Crippen LogP contribution < -0.4 is 4.74 Å². The summed E-state index contributed by atoms with van der Waals surface area (Å²) in [6.07, 6.45) is 7.35. The van der Waals surface area contributed by atoms with Gasteiger partial charge in [0.15, 0.2) is 0 Å². The molecular weight excluding hydrogens is 322 g/mol. The van der Waals surface area contributed by atoms with E-state index in [4.69, 9.17) is 4.74 Å². The molecule has 3 heterocycles. The molecule has 0 radical (unpaired) electrons. The van der Waals surface area contributed by atoms with E-state index in [2.05, 4.69) is 51.2 Å². The van der Waals surface area contributed by atoms with Gasteiger partial charge in [-0.2, -0.15) is 0 Å². The molecule has 1 saturated heterocycles. The summed E-state index contributed by atoms with van der Waals surface area (Å²) in [6.45, 7) is 7.82. The summed E-state index contributed by atoms with van der Waals surface area (Å²) in [5.74, 6) is 1.79. The van der Waals surface area contributed by atoms with E-state index in [0.717, 1.165) is 38.3 Å². The Labute approximate surface area is 156 Å². The number of nitrogens with zero attached hydrogens (tertiary/aromatic N) is 3. The average molecular weight is 351 g/mol. The summed E-state index contributed by atoms with van der Waals surface area (Å²) in [5.41, 5.74) is 2.75. The lowest BCUT2D eigenvalue weighted by atomic mass is 9.96. The van der Waals surface area contributed by atoms with Crippen molar-refractivity contribution < 1.29 is 4.74 Å². The Morgan fingerprint density at radius 1 is 0.962 bits per heavy atom. The molecule has 0 spiro atoms. The van der Waals surface area contributed by atoms with Gasteiger partial charge in [0, 0.05) is 38.6 Å². The summed E-state index contributed by atoms with van der Waals surface area (Å²) in [7, 11) is 0. The fraction of sp³-hybridized carbons (Fsp3) is 0.500. The van der Waals surface area contributed by atoms with E-state index in [-0.39, 0.29) is 0 Å². The number of pyridine rings is 1. The molecule has 1 aromatic carbocycles. The zero-order valence-corrected chi connectivity index (χ0v) is 15.5. The van der Waals surface area contributed by atoms with Crippen molar-refractivity contribution >= 4 is 0 Å². The minimum absolute atomic E-state index is 0.699. The summed E-state index contributed by atoms with van der Waals surface area (Å²) < 4.78 is 5.94. The van der Waals surface area contributed by atoms with Gasteiger partial charge in [-0.1, -0.05) is 18.2 Å². The molecule has 0 saturated carbocycles. The smallest absolute Gasteiger partial charge is 0.122 e. The van der Waals surface area contributed by atoms with Crippen LogP contribution in [0.25, 0.3) is 0 Å². The molecule has 0 amide bonds. The normalized spacial score (nSPS) is 22.1. The van der Waals surface area contributed by atoms with E-state index < -0.39 is 0 Å². The Balaban J connectivity index is 1.30. The van der Waals surface area contributed by atoms with Crippen LogP contribution in [0.1, 0.15) is 24.0 Å². The van der Waals surface area contributed by atoms with Gasteiger partial charge in [-0.15, -0.1) is 0 Å². The maximum absolute atomic E-state index is 5.94. The van der Waals surface area contributed by atoms with Crippen LogP contribution in [0.3, 0.4) is 0 Å². The highest BCUT2D eigenvalue weighted by atomic mass is 16.5. The number of aromatic nitrogens is 1. The molecule has 4 heteroatoms. The van der Waals surface area contributed by atoms with Crippen LogP contribution in [0.4, 0.5) is 0 Å². The zero-order chi connectivity index (χ0) is 17.6. The van der Waals surface area contributed by atoms with E-state index in [1.165, 1.54) is 43.7 Å².